The Balaban J connectivity index is 1.79. The highest BCUT2D eigenvalue weighted by Gasteiger charge is 2.19. The van der Waals surface area contributed by atoms with Gasteiger partial charge in [0.05, 0.1) is 0 Å². The summed E-state index contributed by atoms with van der Waals surface area (Å²) in [5.41, 5.74) is 2.40. The number of nitrogens with zero attached hydrogens (tertiary/aromatic N) is 1. The highest BCUT2D eigenvalue weighted by Crippen LogP contribution is 2.32. The van der Waals surface area contributed by atoms with Crippen LogP contribution in [0.2, 0.25) is 0 Å². The lowest BCUT2D eigenvalue weighted by atomic mass is 10.1. The summed E-state index contributed by atoms with van der Waals surface area (Å²) in [5, 5.41) is 0. The first-order valence-corrected chi connectivity index (χ1v) is 9.03. The molecule has 0 N–H and O–H groups in total. The van der Waals surface area contributed by atoms with Crippen molar-refractivity contribution in [1.82, 2.24) is 4.90 Å². The molecule has 0 aromatic heterocycles. The van der Waals surface area contributed by atoms with Crippen LogP contribution in [0.5, 0.6) is 0 Å². The van der Waals surface area contributed by atoms with Crippen LogP contribution in [0.15, 0.2) is 88.2 Å². The van der Waals surface area contributed by atoms with Crippen LogP contribution in [-0.2, 0) is 11.3 Å². The van der Waals surface area contributed by atoms with Crippen molar-refractivity contribution in [3.63, 3.8) is 0 Å². The molecule has 0 atom stereocenters. The number of hydrogen-bond acceptors (Lipinski definition) is 2. The number of benzene rings is 2. The Labute approximate surface area is 147 Å². The van der Waals surface area contributed by atoms with Crippen molar-refractivity contribution in [2.45, 2.75) is 24.8 Å². The van der Waals surface area contributed by atoms with Crippen LogP contribution in [0, 0.1) is 0 Å². The van der Waals surface area contributed by atoms with E-state index in [1.807, 2.05) is 35.2 Å². The summed E-state index contributed by atoms with van der Waals surface area (Å²) in [5.74, 6) is 0.0859. The molecule has 24 heavy (non-hydrogen) atoms. The van der Waals surface area contributed by atoms with Crippen molar-refractivity contribution < 1.29 is 4.79 Å². The summed E-state index contributed by atoms with van der Waals surface area (Å²) in [6.07, 6.45) is 4.65. The summed E-state index contributed by atoms with van der Waals surface area (Å²) >= 11 is 1.80. The molecule has 1 aliphatic heterocycles. The van der Waals surface area contributed by atoms with Crippen LogP contribution >= 0.6 is 11.8 Å². The van der Waals surface area contributed by atoms with Gasteiger partial charge in [0, 0.05) is 24.1 Å². The van der Waals surface area contributed by atoms with Gasteiger partial charge in [0.25, 0.3) is 0 Å². The molecule has 0 saturated carbocycles. The van der Waals surface area contributed by atoms with Crippen LogP contribution in [-0.4, -0.2) is 17.4 Å². The Hall–Kier alpha value is -2.26. The van der Waals surface area contributed by atoms with Gasteiger partial charge in [0.1, 0.15) is 0 Å². The van der Waals surface area contributed by atoms with E-state index in [1.54, 1.807) is 17.8 Å². The van der Waals surface area contributed by atoms with E-state index in [9.17, 15) is 4.79 Å². The van der Waals surface area contributed by atoms with Gasteiger partial charge in [0.15, 0.2) is 0 Å². The summed E-state index contributed by atoms with van der Waals surface area (Å²) in [6.45, 7) is 3.50. The lowest BCUT2D eigenvalue weighted by Gasteiger charge is -2.26. The minimum atomic E-state index is 0.0859. The lowest BCUT2D eigenvalue weighted by molar-refractivity contribution is -0.126. The van der Waals surface area contributed by atoms with E-state index in [4.69, 9.17) is 0 Å². The SMILES string of the molecule is CC/C(Sc1ccccc1)=C1\C=CC(=O)N(Cc2ccccc2)C1. The van der Waals surface area contributed by atoms with E-state index in [2.05, 4.69) is 43.3 Å². The zero-order valence-electron chi connectivity index (χ0n) is 13.8. The third-order valence-corrected chi connectivity index (χ3v) is 5.28. The third kappa shape index (κ3) is 4.18. The smallest absolute Gasteiger partial charge is 0.247 e. The monoisotopic (exact) mass is 335 g/mol. The van der Waals surface area contributed by atoms with Crippen LogP contribution in [0.4, 0.5) is 0 Å². The van der Waals surface area contributed by atoms with E-state index in [-0.39, 0.29) is 5.91 Å². The second kappa shape index (κ2) is 8.02. The number of amides is 1. The summed E-state index contributed by atoms with van der Waals surface area (Å²) < 4.78 is 0. The Morgan fingerprint density at radius 2 is 1.67 bits per heavy atom. The van der Waals surface area contributed by atoms with Crippen molar-refractivity contribution in [2.24, 2.45) is 0 Å². The highest BCUT2D eigenvalue weighted by atomic mass is 32.2. The minimum Gasteiger partial charge on any atom is -0.330 e. The lowest BCUT2D eigenvalue weighted by Crippen LogP contribution is -2.33. The zero-order valence-corrected chi connectivity index (χ0v) is 14.6. The molecule has 1 heterocycles. The van der Waals surface area contributed by atoms with E-state index >= 15 is 0 Å². The van der Waals surface area contributed by atoms with E-state index < -0.39 is 0 Å². The molecule has 2 aromatic carbocycles. The van der Waals surface area contributed by atoms with E-state index in [0.29, 0.717) is 13.1 Å². The van der Waals surface area contributed by atoms with Gasteiger partial charge in [-0.25, -0.2) is 0 Å². The summed E-state index contributed by atoms with van der Waals surface area (Å²) in [7, 11) is 0. The highest BCUT2D eigenvalue weighted by molar-refractivity contribution is 8.03. The second-order valence-electron chi connectivity index (χ2n) is 5.73. The topological polar surface area (TPSA) is 20.3 Å². The average molecular weight is 335 g/mol. The summed E-state index contributed by atoms with van der Waals surface area (Å²) in [6, 6.07) is 20.5. The van der Waals surface area contributed by atoms with Crippen molar-refractivity contribution in [2.75, 3.05) is 6.54 Å². The first-order valence-electron chi connectivity index (χ1n) is 8.22. The largest absolute Gasteiger partial charge is 0.330 e. The molecule has 0 aliphatic carbocycles. The van der Waals surface area contributed by atoms with Crippen molar-refractivity contribution >= 4 is 17.7 Å². The normalized spacial score (nSPS) is 16.4. The van der Waals surface area contributed by atoms with Crippen LogP contribution in [0.25, 0.3) is 0 Å². The molecule has 2 nitrogen and oxygen atoms in total. The second-order valence-corrected chi connectivity index (χ2v) is 6.90. The van der Waals surface area contributed by atoms with Gasteiger partial charge in [-0.1, -0.05) is 73.3 Å². The molecule has 1 aliphatic rings. The third-order valence-electron chi connectivity index (χ3n) is 3.98. The molecule has 0 bridgehead atoms. The number of rotatable bonds is 5. The van der Waals surface area contributed by atoms with E-state index in [1.165, 1.54) is 15.4 Å². The van der Waals surface area contributed by atoms with Gasteiger partial charge in [-0.3, -0.25) is 4.79 Å². The first-order chi connectivity index (χ1) is 11.8. The van der Waals surface area contributed by atoms with E-state index in [0.717, 1.165) is 12.0 Å². The fourth-order valence-corrected chi connectivity index (χ4v) is 3.71. The number of carbonyl (C=O) groups is 1. The number of allylic oxidation sites excluding steroid dienone is 1. The van der Waals surface area contributed by atoms with Crippen molar-refractivity contribution in [3.05, 3.63) is 88.9 Å². The molecule has 0 radical (unpaired) electrons. The quantitative estimate of drug-likeness (QED) is 0.713. The molecule has 3 rings (SSSR count). The fourth-order valence-electron chi connectivity index (χ4n) is 2.73. The molecule has 0 fully saturated rings. The Kier molecular flexibility index (Phi) is 5.55. The maximum absolute atomic E-state index is 12.2. The Bertz CT molecular complexity index is 750. The van der Waals surface area contributed by atoms with Gasteiger partial charge in [0.2, 0.25) is 5.91 Å². The van der Waals surface area contributed by atoms with Crippen LogP contribution in [0.3, 0.4) is 0 Å². The molecule has 2 aromatic rings. The average Bonchev–Trinajstić information content (AvgIpc) is 2.63. The molecule has 122 valence electrons. The number of carbonyl (C=O) groups excluding carboxylic acids is 1. The predicted octanol–water partition coefficient (Wildman–Crippen LogP) is 5.04. The van der Waals surface area contributed by atoms with Gasteiger partial charge in [-0.15, -0.1) is 0 Å². The standard InChI is InChI=1S/C21H21NOS/c1-2-20(24-19-11-7-4-8-12-19)18-13-14-21(23)22(16-18)15-17-9-5-3-6-10-17/h3-14H,2,15-16H2,1H3/b20-18-. The predicted molar refractivity (Wildman–Crippen MR) is 101 cm³/mol. The minimum absolute atomic E-state index is 0.0859. The number of hydrogen-bond donors (Lipinski definition) is 0. The zero-order chi connectivity index (χ0) is 16.8. The Morgan fingerprint density at radius 1 is 1.00 bits per heavy atom. The van der Waals surface area contributed by atoms with Gasteiger partial charge in [-0.2, -0.15) is 0 Å². The van der Waals surface area contributed by atoms with Crippen molar-refractivity contribution in [3.8, 4) is 0 Å². The molecular formula is C21H21NOS. The maximum atomic E-state index is 12.2. The first kappa shape index (κ1) is 16.6. The van der Waals surface area contributed by atoms with Gasteiger partial charge in [-0.05, 0) is 34.6 Å². The molecule has 3 heteroatoms. The molecule has 0 saturated heterocycles. The maximum Gasteiger partial charge on any atom is 0.247 e. The van der Waals surface area contributed by atoms with Crippen LogP contribution < -0.4 is 0 Å². The Morgan fingerprint density at radius 3 is 2.33 bits per heavy atom. The molecule has 0 unspecified atom stereocenters. The van der Waals surface area contributed by atoms with Gasteiger partial charge >= 0.3 is 0 Å². The molecule has 1 amide bonds. The summed E-state index contributed by atoms with van der Waals surface area (Å²) in [4.78, 5) is 16.7. The molecular weight excluding hydrogens is 314 g/mol. The van der Waals surface area contributed by atoms with Gasteiger partial charge < -0.3 is 4.90 Å². The molecule has 0 spiro atoms. The van der Waals surface area contributed by atoms with Crippen LogP contribution in [0.1, 0.15) is 18.9 Å². The fraction of sp³-hybridized carbons (Fsp3) is 0.190. The van der Waals surface area contributed by atoms with Crippen molar-refractivity contribution in [1.29, 1.82) is 0 Å². The number of thioether (sulfide) groups is 1.